The second kappa shape index (κ2) is 16.5. The normalized spacial score (nSPS) is 21.1. The molecule has 224 valence electrons. The molecule has 0 bridgehead atoms. The van der Waals surface area contributed by atoms with E-state index in [-0.39, 0.29) is 38.0 Å². The van der Waals surface area contributed by atoms with Crippen LogP contribution in [0.2, 0.25) is 0 Å². The van der Waals surface area contributed by atoms with Crippen LogP contribution in [0, 0.1) is 9.49 Å². The molecule has 2 aliphatic carbocycles. The number of nitrogens with zero attached hydrogens (tertiary/aromatic N) is 1. The van der Waals surface area contributed by atoms with E-state index in [1.165, 1.54) is 7.11 Å². The molecule has 0 heterocycles. The van der Waals surface area contributed by atoms with E-state index in [0.29, 0.717) is 45.1 Å². The van der Waals surface area contributed by atoms with Gasteiger partial charge in [0.2, 0.25) is 11.8 Å². The Hall–Kier alpha value is -1.89. The van der Waals surface area contributed by atoms with Gasteiger partial charge >= 0.3 is 0 Å². The minimum atomic E-state index is -1.08. The molecule has 2 amide bonds. The molecular weight excluding hydrogens is 627 g/mol. The summed E-state index contributed by atoms with van der Waals surface area (Å²) in [6, 6.07) is 2.81. The van der Waals surface area contributed by atoms with Crippen LogP contribution in [0.5, 0.6) is 11.5 Å². The summed E-state index contributed by atoms with van der Waals surface area (Å²) >= 11 is 2.09. The topological polar surface area (TPSA) is 129 Å². The Morgan fingerprint density at radius 3 is 2.55 bits per heavy atom. The summed E-state index contributed by atoms with van der Waals surface area (Å²) in [5.41, 5.74) is 1.06. The molecule has 3 rings (SSSR count). The molecule has 2 aliphatic rings. The number of carbonyl (C=O) groups is 2. The van der Waals surface area contributed by atoms with Crippen molar-refractivity contribution in [3.8, 4) is 11.5 Å². The maximum Gasteiger partial charge on any atom is 0.247 e. The summed E-state index contributed by atoms with van der Waals surface area (Å²) in [6.45, 7) is 2.40. The fourth-order valence-electron chi connectivity index (χ4n) is 5.66. The zero-order chi connectivity index (χ0) is 29.1. The highest BCUT2D eigenvalue weighted by Crippen LogP contribution is 2.37. The number of halogens is 1. The van der Waals surface area contributed by atoms with Gasteiger partial charge in [-0.1, -0.05) is 39.0 Å². The smallest absolute Gasteiger partial charge is 0.247 e. The number of methoxy groups -OCH3 is 1. The zero-order valence-corrected chi connectivity index (χ0v) is 25.9. The SMILES string of the molecule is CCCCCCN(C(=O)CC1CCCC1)C1CC(C(=O)NCCO)=CC(Oc2c(I)cc(CO)cc2OC)C1O. The number of nitrogens with one attached hydrogen (secondary N) is 1. The van der Waals surface area contributed by atoms with E-state index in [0.717, 1.165) is 51.4 Å². The Morgan fingerprint density at radius 1 is 1.15 bits per heavy atom. The molecule has 1 fully saturated rings. The van der Waals surface area contributed by atoms with Crippen molar-refractivity contribution >= 4 is 34.4 Å². The lowest BCUT2D eigenvalue weighted by Gasteiger charge is -2.41. The zero-order valence-electron chi connectivity index (χ0n) is 23.7. The van der Waals surface area contributed by atoms with Gasteiger partial charge in [-0.15, -0.1) is 0 Å². The van der Waals surface area contributed by atoms with Crippen LogP contribution in [0.3, 0.4) is 0 Å². The van der Waals surface area contributed by atoms with Crippen LogP contribution in [0.1, 0.15) is 76.7 Å². The van der Waals surface area contributed by atoms with E-state index < -0.39 is 18.2 Å². The molecule has 1 saturated carbocycles. The van der Waals surface area contributed by atoms with E-state index in [1.54, 1.807) is 23.1 Å². The van der Waals surface area contributed by atoms with Crippen molar-refractivity contribution in [2.24, 2.45) is 5.92 Å². The maximum absolute atomic E-state index is 13.7. The Morgan fingerprint density at radius 2 is 1.90 bits per heavy atom. The minimum Gasteiger partial charge on any atom is -0.493 e. The molecule has 40 heavy (non-hydrogen) atoms. The highest BCUT2D eigenvalue weighted by Gasteiger charge is 2.41. The Kier molecular flexibility index (Phi) is 13.5. The summed E-state index contributed by atoms with van der Waals surface area (Å²) in [5.74, 6) is 0.813. The average Bonchev–Trinajstić information content (AvgIpc) is 3.46. The van der Waals surface area contributed by atoms with Crippen LogP contribution in [-0.4, -0.2) is 77.1 Å². The molecule has 0 saturated heterocycles. The minimum absolute atomic E-state index is 0.0164. The largest absolute Gasteiger partial charge is 0.493 e. The van der Waals surface area contributed by atoms with Crippen molar-refractivity contribution in [3.05, 3.63) is 32.9 Å². The van der Waals surface area contributed by atoms with Crippen LogP contribution >= 0.6 is 22.6 Å². The number of rotatable bonds is 15. The van der Waals surface area contributed by atoms with Gasteiger partial charge in [0.1, 0.15) is 12.2 Å². The molecule has 0 radical (unpaired) electrons. The first kappa shape index (κ1) is 32.6. The second-order valence-electron chi connectivity index (χ2n) is 10.8. The van der Waals surface area contributed by atoms with Gasteiger partial charge in [-0.05, 0) is 71.5 Å². The summed E-state index contributed by atoms with van der Waals surface area (Å²) in [5, 5.41) is 33.2. The predicted molar refractivity (Wildman–Crippen MR) is 161 cm³/mol. The van der Waals surface area contributed by atoms with E-state index in [9.17, 15) is 24.9 Å². The van der Waals surface area contributed by atoms with Crippen LogP contribution in [0.25, 0.3) is 0 Å². The Balaban J connectivity index is 1.94. The van der Waals surface area contributed by atoms with E-state index in [1.807, 2.05) is 0 Å². The third kappa shape index (κ3) is 8.80. The fraction of sp³-hybridized carbons (Fsp3) is 0.667. The van der Waals surface area contributed by atoms with Crippen molar-refractivity contribution in [3.63, 3.8) is 0 Å². The molecular formula is C30H45IN2O7. The fourth-order valence-corrected chi connectivity index (χ4v) is 6.45. The Bertz CT molecular complexity index is 1010. The summed E-state index contributed by atoms with van der Waals surface area (Å²) < 4.78 is 12.5. The van der Waals surface area contributed by atoms with Crippen LogP contribution in [-0.2, 0) is 16.2 Å². The molecule has 4 N–H and O–H groups in total. The number of hydrogen-bond donors (Lipinski definition) is 4. The van der Waals surface area contributed by atoms with Crippen LogP contribution in [0.15, 0.2) is 23.8 Å². The number of carbonyl (C=O) groups excluding carboxylic acids is 2. The number of unbranched alkanes of at least 4 members (excludes halogenated alkanes) is 3. The van der Waals surface area contributed by atoms with E-state index >= 15 is 0 Å². The number of aliphatic hydroxyl groups is 3. The van der Waals surface area contributed by atoms with Gasteiger partial charge < -0.3 is 35.0 Å². The van der Waals surface area contributed by atoms with Gasteiger partial charge in [0.15, 0.2) is 11.5 Å². The predicted octanol–water partition coefficient (Wildman–Crippen LogP) is 3.70. The molecule has 9 nitrogen and oxygen atoms in total. The lowest BCUT2D eigenvalue weighted by molar-refractivity contribution is -0.139. The third-order valence-electron chi connectivity index (χ3n) is 7.85. The Labute approximate surface area is 251 Å². The number of amides is 2. The number of hydrogen-bond acceptors (Lipinski definition) is 7. The number of aliphatic hydroxyl groups excluding tert-OH is 3. The van der Waals surface area contributed by atoms with E-state index in [4.69, 9.17) is 9.47 Å². The highest BCUT2D eigenvalue weighted by atomic mass is 127. The standard InChI is InChI=1S/C30H45IN2O7/c1-3-4-5-8-12-33(27(36)16-20-9-6-7-10-20)24-17-22(30(38)32-11-13-34)18-25(28(24)37)40-29-23(31)14-21(19-35)15-26(29)39-2/h14-15,18,20,24-25,28,34-35,37H,3-13,16-17,19H2,1-2H3,(H,32,38). The lowest BCUT2D eigenvalue weighted by atomic mass is 9.87. The molecule has 0 aromatic heterocycles. The third-order valence-corrected chi connectivity index (χ3v) is 8.65. The molecule has 1 aromatic rings. The molecule has 10 heteroatoms. The van der Waals surface area contributed by atoms with Gasteiger partial charge in [-0.2, -0.15) is 0 Å². The molecule has 3 atom stereocenters. The first-order valence-electron chi connectivity index (χ1n) is 14.5. The number of benzene rings is 1. The quantitative estimate of drug-likeness (QED) is 0.165. The van der Waals surface area contributed by atoms with Crippen molar-refractivity contribution < 1.29 is 34.4 Å². The second-order valence-corrected chi connectivity index (χ2v) is 11.9. The number of ether oxygens (including phenoxy) is 2. The van der Waals surface area contributed by atoms with Crippen molar-refractivity contribution in [1.29, 1.82) is 0 Å². The maximum atomic E-state index is 13.7. The van der Waals surface area contributed by atoms with Crippen molar-refractivity contribution in [2.75, 3.05) is 26.8 Å². The summed E-state index contributed by atoms with van der Waals surface area (Å²) in [6.07, 6.45) is 8.59. The van der Waals surface area contributed by atoms with Gasteiger partial charge in [0.25, 0.3) is 0 Å². The van der Waals surface area contributed by atoms with Gasteiger partial charge in [-0.25, -0.2) is 0 Å². The van der Waals surface area contributed by atoms with Crippen molar-refractivity contribution in [2.45, 2.75) is 96.0 Å². The molecule has 0 aliphatic heterocycles. The molecule has 0 spiro atoms. The van der Waals surface area contributed by atoms with Crippen molar-refractivity contribution in [1.82, 2.24) is 10.2 Å². The van der Waals surface area contributed by atoms with Crippen LogP contribution in [0.4, 0.5) is 0 Å². The van der Waals surface area contributed by atoms with Crippen LogP contribution < -0.4 is 14.8 Å². The monoisotopic (exact) mass is 672 g/mol. The average molecular weight is 673 g/mol. The van der Waals surface area contributed by atoms with E-state index in [2.05, 4.69) is 34.8 Å². The first-order chi connectivity index (χ1) is 19.3. The lowest BCUT2D eigenvalue weighted by Crippen LogP contribution is -2.55. The molecule has 1 aromatic carbocycles. The first-order valence-corrected chi connectivity index (χ1v) is 15.6. The summed E-state index contributed by atoms with van der Waals surface area (Å²) in [7, 11) is 1.50. The molecule has 3 unspecified atom stereocenters. The summed E-state index contributed by atoms with van der Waals surface area (Å²) in [4.78, 5) is 28.6. The van der Waals surface area contributed by atoms with Gasteiger partial charge in [0.05, 0.1) is 29.9 Å². The van der Waals surface area contributed by atoms with Gasteiger partial charge in [0, 0.05) is 31.5 Å². The van der Waals surface area contributed by atoms with Gasteiger partial charge in [-0.3, -0.25) is 9.59 Å². The highest BCUT2D eigenvalue weighted by molar-refractivity contribution is 14.1.